The summed E-state index contributed by atoms with van der Waals surface area (Å²) in [5.41, 5.74) is 0. The molecule has 3 nitrogen and oxygen atoms in total. The third-order valence-electron chi connectivity index (χ3n) is 1.82. The van der Waals surface area contributed by atoms with Crippen LogP contribution >= 0.6 is 0 Å². The van der Waals surface area contributed by atoms with E-state index in [4.69, 9.17) is 33.5 Å². The number of hydrogen-bond donors (Lipinski definition) is 0. The summed E-state index contributed by atoms with van der Waals surface area (Å²) in [6.07, 6.45) is 15.4. The zero-order chi connectivity index (χ0) is 13.2. The number of benzene rings is 1. The van der Waals surface area contributed by atoms with Crippen molar-refractivity contribution in [1.82, 2.24) is 0 Å². The molecule has 0 amide bonds. The molecule has 0 N–H and O–H groups in total. The molecule has 0 aliphatic heterocycles. The zero-order valence-corrected chi connectivity index (χ0v) is 9.81. The predicted octanol–water partition coefficient (Wildman–Crippen LogP) is 1.72. The third kappa shape index (κ3) is 4.44. The normalized spacial score (nSPS) is 8.50. The Bertz CT molecular complexity index is 423. The lowest BCUT2D eigenvalue weighted by molar-refractivity contribution is 0.334. The van der Waals surface area contributed by atoms with E-state index >= 15 is 0 Å². The Labute approximate surface area is 107 Å². The molecule has 1 aromatic rings. The molecule has 0 aromatic heterocycles. The molecule has 0 unspecified atom stereocenters. The van der Waals surface area contributed by atoms with E-state index in [2.05, 4.69) is 17.8 Å². The van der Waals surface area contributed by atoms with Gasteiger partial charge in [0.05, 0.1) is 0 Å². The Morgan fingerprint density at radius 3 is 1.17 bits per heavy atom. The smallest absolute Gasteiger partial charge is 0.148 e. The lowest BCUT2D eigenvalue weighted by Crippen LogP contribution is -1.99. The lowest BCUT2D eigenvalue weighted by Gasteiger charge is -2.10. The van der Waals surface area contributed by atoms with E-state index in [1.165, 1.54) is 0 Å². The Balaban J connectivity index is 2.86. The van der Waals surface area contributed by atoms with Crippen LogP contribution in [-0.4, -0.2) is 19.8 Å². The Hall–Kier alpha value is -2.70. The van der Waals surface area contributed by atoms with Gasteiger partial charge in [-0.1, -0.05) is 17.8 Å². The quantitative estimate of drug-likeness (QED) is 0.709. The van der Waals surface area contributed by atoms with Crippen LogP contribution in [-0.2, 0) is 0 Å². The summed E-state index contributed by atoms with van der Waals surface area (Å²) in [5.74, 6) is 8.73. The van der Waals surface area contributed by atoms with E-state index in [1.54, 1.807) is 18.2 Å². The van der Waals surface area contributed by atoms with Crippen LogP contribution in [0.3, 0.4) is 0 Å². The number of ether oxygens (including phenoxy) is 3. The first kappa shape index (κ1) is 13.4. The monoisotopic (exact) mass is 240 g/mol. The van der Waals surface area contributed by atoms with E-state index in [0.717, 1.165) is 0 Å². The van der Waals surface area contributed by atoms with Crippen LogP contribution in [0.5, 0.6) is 17.2 Å². The highest BCUT2D eigenvalue weighted by molar-refractivity contribution is 5.42. The van der Waals surface area contributed by atoms with Crippen LogP contribution in [0.1, 0.15) is 0 Å². The van der Waals surface area contributed by atoms with Crippen LogP contribution in [0.2, 0.25) is 0 Å². The molecule has 0 atom stereocenters. The van der Waals surface area contributed by atoms with Crippen molar-refractivity contribution in [3.8, 4) is 54.3 Å². The number of terminal acetylenes is 3. The van der Waals surface area contributed by atoms with Crippen LogP contribution in [0.4, 0.5) is 0 Å². The fourth-order valence-corrected chi connectivity index (χ4v) is 1.17. The first-order chi connectivity index (χ1) is 8.80. The molecule has 0 radical (unpaired) electrons. The minimum Gasteiger partial charge on any atom is -0.481 e. The van der Waals surface area contributed by atoms with Crippen molar-refractivity contribution in [2.45, 2.75) is 0 Å². The Morgan fingerprint density at radius 2 is 0.944 bits per heavy atom. The maximum absolute atomic E-state index is 5.30. The highest BCUT2D eigenvalue weighted by Crippen LogP contribution is 2.27. The minimum atomic E-state index is 0.160. The molecule has 0 spiro atoms. The summed E-state index contributed by atoms with van der Waals surface area (Å²) in [7, 11) is 0. The van der Waals surface area contributed by atoms with Gasteiger partial charge in [-0.25, -0.2) is 0 Å². The van der Waals surface area contributed by atoms with E-state index in [1.807, 2.05) is 0 Å². The van der Waals surface area contributed by atoms with E-state index in [-0.39, 0.29) is 19.8 Å². The topological polar surface area (TPSA) is 27.7 Å². The SMILES string of the molecule is C#CCOc1cc(OCC#C)cc(OCC#C)c1. The number of rotatable bonds is 6. The number of hydrogen-bond acceptors (Lipinski definition) is 3. The molecular weight excluding hydrogens is 228 g/mol. The second kappa shape index (κ2) is 7.55. The minimum absolute atomic E-state index is 0.160. The summed E-state index contributed by atoms with van der Waals surface area (Å²) in [6.45, 7) is 0.480. The molecular formula is C15H12O3. The van der Waals surface area contributed by atoms with Gasteiger partial charge in [-0.05, 0) is 0 Å². The first-order valence-corrected chi connectivity index (χ1v) is 5.14. The molecule has 3 heteroatoms. The Kier molecular flexibility index (Phi) is 5.61. The van der Waals surface area contributed by atoms with Crippen molar-refractivity contribution < 1.29 is 14.2 Å². The highest BCUT2D eigenvalue weighted by Gasteiger charge is 2.03. The van der Waals surface area contributed by atoms with Crippen LogP contribution < -0.4 is 14.2 Å². The maximum atomic E-state index is 5.30. The van der Waals surface area contributed by atoms with Gasteiger partial charge < -0.3 is 14.2 Å². The summed E-state index contributed by atoms with van der Waals surface area (Å²) < 4.78 is 15.9. The molecule has 90 valence electrons. The van der Waals surface area contributed by atoms with Crippen molar-refractivity contribution in [2.24, 2.45) is 0 Å². The van der Waals surface area contributed by atoms with Gasteiger partial charge in [0.25, 0.3) is 0 Å². The molecule has 18 heavy (non-hydrogen) atoms. The standard InChI is InChI=1S/C15H12O3/c1-4-7-16-13-10-14(17-8-5-2)12-15(11-13)18-9-6-3/h1-3,10-12H,7-9H2. The summed E-state index contributed by atoms with van der Waals surface area (Å²) in [4.78, 5) is 0. The van der Waals surface area contributed by atoms with Crippen molar-refractivity contribution in [1.29, 1.82) is 0 Å². The zero-order valence-electron chi connectivity index (χ0n) is 9.81. The molecule has 0 aliphatic rings. The molecule has 0 saturated carbocycles. The summed E-state index contributed by atoms with van der Waals surface area (Å²) in [6, 6.07) is 5.03. The van der Waals surface area contributed by atoms with Crippen LogP contribution in [0, 0.1) is 37.0 Å². The fraction of sp³-hybridized carbons (Fsp3) is 0.200. The van der Waals surface area contributed by atoms with E-state index in [0.29, 0.717) is 17.2 Å². The van der Waals surface area contributed by atoms with Crippen LogP contribution in [0.25, 0.3) is 0 Å². The molecule has 0 heterocycles. The van der Waals surface area contributed by atoms with Gasteiger partial charge in [0, 0.05) is 18.2 Å². The van der Waals surface area contributed by atoms with Gasteiger partial charge in [0.2, 0.25) is 0 Å². The van der Waals surface area contributed by atoms with Crippen LogP contribution in [0.15, 0.2) is 18.2 Å². The molecule has 0 fully saturated rings. The molecule has 0 bridgehead atoms. The second-order valence-corrected chi connectivity index (χ2v) is 3.12. The average Bonchev–Trinajstić information content (AvgIpc) is 2.40. The average molecular weight is 240 g/mol. The van der Waals surface area contributed by atoms with Gasteiger partial charge in [0.15, 0.2) is 0 Å². The van der Waals surface area contributed by atoms with Crippen molar-refractivity contribution in [3.63, 3.8) is 0 Å². The summed E-state index contributed by atoms with van der Waals surface area (Å²) in [5, 5.41) is 0. The van der Waals surface area contributed by atoms with Crippen molar-refractivity contribution in [3.05, 3.63) is 18.2 Å². The second-order valence-electron chi connectivity index (χ2n) is 3.12. The largest absolute Gasteiger partial charge is 0.481 e. The van der Waals surface area contributed by atoms with Crippen molar-refractivity contribution >= 4 is 0 Å². The maximum Gasteiger partial charge on any atom is 0.148 e. The summed E-state index contributed by atoms with van der Waals surface area (Å²) >= 11 is 0. The fourth-order valence-electron chi connectivity index (χ4n) is 1.17. The lowest BCUT2D eigenvalue weighted by atomic mass is 10.3. The van der Waals surface area contributed by atoms with Crippen molar-refractivity contribution in [2.75, 3.05) is 19.8 Å². The van der Waals surface area contributed by atoms with Gasteiger partial charge in [0.1, 0.15) is 37.1 Å². The molecule has 0 saturated heterocycles. The van der Waals surface area contributed by atoms with E-state index < -0.39 is 0 Å². The van der Waals surface area contributed by atoms with Gasteiger partial charge in [-0.15, -0.1) is 19.3 Å². The highest BCUT2D eigenvalue weighted by atomic mass is 16.5. The molecule has 1 aromatic carbocycles. The Morgan fingerprint density at radius 1 is 0.667 bits per heavy atom. The molecule has 1 rings (SSSR count). The predicted molar refractivity (Wildman–Crippen MR) is 69.4 cm³/mol. The molecule has 0 aliphatic carbocycles. The first-order valence-electron chi connectivity index (χ1n) is 5.14. The van der Waals surface area contributed by atoms with Gasteiger partial charge in [-0.2, -0.15) is 0 Å². The van der Waals surface area contributed by atoms with Gasteiger partial charge in [-0.3, -0.25) is 0 Å². The third-order valence-corrected chi connectivity index (χ3v) is 1.82. The van der Waals surface area contributed by atoms with Gasteiger partial charge >= 0.3 is 0 Å². The van der Waals surface area contributed by atoms with E-state index in [9.17, 15) is 0 Å².